The van der Waals surface area contributed by atoms with Crippen molar-refractivity contribution < 1.29 is 19.2 Å². The summed E-state index contributed by atoms with van der Waals surface area (Å²) in [5.74, 6) is 0.00943. The Hall–Kier alpha value is -2.20. The number of likely N-dealkylation sites (N-methyl/N-ethyl adjacent to an activating group) is 2. The van der Waals surface area contributed by atoms with Gasteiger partial charge in [0, 0.05) is 13.1 Å². The van der Waals surface area contributed by atoms with Crippen molar-refractivity contribution in [3.8, 4) is 0 Å². The summed E-state index contributed by atoms with van der Waals surface area (Å²) in [5, 5.41) is 12.2. The maximum absolute atomic E-state index is 14.1. The number of carbonyl (C=O) groups excluding carboxylic acids is 4. The first kappa shape index (κ1) is 30.8. The highest BCUT2D eigenvalue weighted by atomic mass is 16.2. The molecular weight excluding hydrogens is 508 g/mol. The van der Waals surface area contributed by atoms with E-state index >= 15 is 0 Å². The summed E-state index contributed by atoms with van der Waals surface area (Å²) >= 11 is 0. The van der Waals surface area contributed by atoms with Crippen molar-refractivity contribution in [1.82, 2.24) is 31.1 Å². The number of hydrogen-bond donors (Lipinski definition) is 4. The van der Waals surface area contributed by atoms with Crippen LogP contribution in [-0.4, -0.2) is 96.9 Å². The summed E-state index contributed by atoms with van der Waals surface area (Å²) < 4.78 is 0. The molecule has 0 bridgehead atoms. The molecule has 0 spiro atoms. The monoisotopic (exact) mass is 560 g/mol. The largest absolute Gasteiger partial charge is 0.343 e. The number of nitrogens with one attached hydrogen (secondary N) is 4. The van der Waals surface area contributed by atoms with Gasteiger partial charge in [-0.25, -0.2) is 0 Å². The van der Waals surface area contributed by atoms with Crippen LogP contribution < -0.4 is 21.3 Å². The third kappa shape index (κ3) is 6.81. The van der Waals surface area contributed by atoms with E-state index in [1.54, 1.807) is 14.1 Å². The SMILES string of the molecule is CN[C@@H](C)C(=O)NC(C(=O)N1CC[C@@H]2[C@H]1CCN2C(=O)C(NC(=O)[C@H](C)NC)C1CCCCC1)C1CCCCC1. The van der Waals surface area contributed by atoms with E-state index < -0.39 is 12.1 Å². The van der Waals surface area contributed by atoms with Crippen molar-refractivity contribution >= 4 is 23.6 Å². The number of hydrogen-bond acceptors (Lipinski definition) is 6. The van der Waals surface area contributed by atoms with E-state index in [1.807, 2.05) is 23.6 Å². The van der Waals surface area contributed by atoms with Gasteiger partial charge in [0.15, 0.2) is 0 Å². The zero-order chi connectivity index (χ0) is 28.8. The molecule has 2 unspecified atom stereocenters. The maximum Gasteiger partial charge on any atom is 0.245 e. The van der Waals surface area contributed by atoms with Gasteiger partial charge in [0.25, 0.3) is 0 Å². The molecule has 4 aliphatic rings. The second kappa shape index (κ2) is 14.1. The molecule has 2 saturated carbocycles. The number of fused-ring (bicyclic) bond motifs is 1. The second-order valence-electron chi connectivity index (χ2n) is 12.6. The van der Waals surface area contributed by atoms with Gasteiger partial charge >= 0.3 is 0 Å². The molecule has 2 heterocycles. The minimum absolute atomic E-state index is 0.00494. The molecule has 0 aromatic carbocycles. The second-order valence-corrected chi connectivity index (χ2v) is 12.6. The van der Waals surface area contributed by atoms with Crippen LogP contribution in [-0.2, 0) is 19.2 Å². The summed E-state index contributed by atoms with van der Waals surface area (Å²) in [6.07, 6.45) is 12.0. The fraction of sp³-hybridized carbons (Fsp3) is 0.867. The lowest BCUT2D eigenvalue weighted by Gasteiger charge is -2.36. The van der Waals surface area contributed by atoms with E-state index in [0.29, 0.717) is 13.1 Å². The molecule has 0 aromatic rings. The Morgan fingerprint density at radius 3 is 1.25 bits per heavy atom. The van der Waals surface area contributed by atoms with Crippen molar-refractivity contribution in [3.63, 3.8) is 0 Å². The molecule has 4 amide bonds. The molecule has 10 heteroatoms. The quantitative estimate of drug-likeness (QED) is 0.322. The fourth-order valence-corrected chi connectivity index (χ4v) is 7.41. The van der Waals surface area contributed by atoms with Crippen LogP contribution in [0.3, 0.4) is 0 Å². The summed E-state index contributed by atoms with van der Waals surface area (Å²) in [7, 11) is 3.50. The van der Waals surface area contributed by atoms with Crippen LogP contribution >= 0.6 is 0 Å². The van der Waals surface area contributed by atoms with Crippen LogP contribution in [0.5, 0.6) is 0 Å². The van der Waals surface area contributed by atoms with Crippen molar-refractivity contribution in [2.75, 3.05) is 27.2 Å². The predicted molar refractivity (Wildman–Crippen MR) is 154 cm³/mol. The van der Waals surface area contributed by atoms with E-state index in [0.717, 1.165) is 64.2 Å². The first-order chi connectivity index (χ1) is 19.3. The highest BCUT2D eigenvalue weighted by molar-refractivity contribution is 5.92. The van der Waals surface area contributed by atoms with Crippen molar-refractivity contribution in [1.29, 1.82) is 0 Å². The van der Waals surface area contributed by atoms with E-state index in [2.05, 4.69) is 21.3 Å². The van der Waals surface area contributed by atoms with E-state index in [9.17, 15) is 19.2 Å². The number of rotatable bonds is 10. The molecule has 6 atom stereocenters. The lowest BCUT2D eigenvalue weighted by Crippen LogP contribution is -2.58. The van der Waals surface area contributed by atoms with Crippen LogP contribution in [0.1, 0.15) is 90.9 Å². The summed E-state index contributed by atoms with van der Waals surface area (Å²) in [6, 6.07) is -1.88. The van der Waals surface area contributed by atoms with Gasteiger partial charge < -0.3 is 31.1 Å². The van der Waals surface area contributed by atoms with Gasteiger partial charge in [-0.05, 0) is 78.3 Å². The summed E-state index contributed by atoms with van der Waals surface area (Å²) in [4.78, 5) is 57.8. The molecule has 10 nitrogen and oxygen atoms in total. The predicted octanol–water partition coefficient (Wildman–Crippen LogP) is 1.53. The summed E-state index contributed by atoms with van der Waals surface area (Å²) in [6.45, 7) is 4.80. The van der Waals surface area contributed by atoms with Gasteiger partial charge in [-0.1, -0.05) is 38.5 Å². The molecule has 0 radical (unpaired) electrons. The van der Waals surface area contributed by atoms with Crippen LogP contribution in [0, 0.1) is 11.8 Å². The lowest BCUT2D eigenvalue weighted by molar-refractivity contribution is -0.141. The Labute approximate surface area is 240 Å². The molecule has 4 rings (SSSR count). The topological polar surface area (TPSA) is 123 Å². The molecular formula is C30H52N6O4. The average molecular weight is 561 g/mol. The Morgan fingerprint density at radius 1 is 0.575 bits per heavy atom. The molecule has 226 valence electrons. The van der Waals surface area contributed by atoms with Crippen molar-refractivity contribution in [2.24, 2.45) is 11.8 Å². The number of nitrogens with zero attached hydrogens (tertiary/aromatic N) is 2. The van der Waals surface area contributed by atoms with E-state index in [-0.39, 0.29) is 59.6 Å². The van der Waals surface area contributed by atoms with Gasteiger partial charge in [0.05, 0.1) is 24.2 Å². The highest BCUT2D eigenvalue weighted by Gasteiger charge is 2.50. The number of carbonyl (C=O) groups is 4. The Morgan fingerprint density at radius 2 is 0.925 bits per heavy atom. The molecule has 40 heavy (non-hydrogen) atoms. The first-order valence-electron chi connectivity index (χ1n) is 15.8. The van der Waals surface area contributed by atoms with Crippen LogP contribution in [0.15, 0.2) is 0 Å². The normalized spacial score (nSPS) is 27.0. The molecule has 2 aliphatic heterocycles. The summed E-state index contributed by atoms with van der Waals surface area (Å²) in [5.41, 5.74) is 0. The average Bonchev–Trinajstić information content (AvgIpc) is 3.60. The lowest BCUT2D eigenvalue weighted by atomic mass is 9.83. The fourth-order valence-electron chi connectivity index (χ4n) is 7.41. The molecule has 2 saturated heterocycles. The van der Waals surface area contributed by atoms with Crippen molar-refractivity contribution in [3.05, 3.63) is 0 Å². The Kier molecular flexibility index (Phi) is 10.9. The standard InChI is InChI=1S/C30H52N6O4/c1-19(31-3)27(37)33-25(21-11-7-5-8-12-21)29(39)35-17-15-24-23(35)16-18-36(24)30(40)26(22-13-9-6-10-14-22)34-28(38)20(2)32-4/h19-26,31-32H,5-18H2,1-4H3,(H,33,37)(H,34,38)/t19-,20-,23+,24+,25?,26?/m0/s1. The third-order valence-corrected chi connectivity index (χ3v) is 10.2. The van der Waals surface area contributed by atoms with Gasteiger partial charge in [0.2, 0.25) is 23.6 Å². The maximum atomic E-state index is 14.1. The van der Waals surface area contributed by atoms with Gasteiger partial charge in [-0.2, -0.15) is 0 Å². The zero-order valence-electron chi connectivity index (χ0n) is 25.0. The van der Waals surface area contributed by atoms with Crippen LogP contribution in [0.25, 0.3) is 0 Å². The molecule has 0 aromatic heterocycles. The minimum atomic E-state index is -0.524. The Bertz CT molecular complexity index is 831. The highest BCUT2D eigenvalue weighted by Crippen LogP contribution is 2.36. The Balaban J connectivity index is 1.48. The van der Waals surface area contributed by atoms with Gasteiger partial charge in [0.1, 0.15) is 12.1 Å². The van der Waals surface area contributed by atoms with E-state index in [4.69, 9.17) is 0 Å². The smallest absolute Gasteiger partial charge is 0.245 e. The van der Waals surface area contributed by atoms with Crippen molar-refractivity contribution in [2.45, 2.75) is 127 Å². The minimum Gasteiger partial charge on any atom is -0.343 e. The van der Waals surface area contributed by atoms with E-state index in [1.165, 1.54) is 12.8 Å². The number of likely N-dealkylation sites (tertiary alicyclic amines) is 2. The third-order valence-electron chi connectivity index (χ3n) is 10.2. The van der Waals surface area contributed by atoms with Crippen LogP contribution in [0.4, 0.5) is 0 Å². The van der Waals surface area contributed by atoms with Gasteiger partial charge in [-0.15, -0.1) is 0 Å². The first-order valence-corrected chi connectivity index (χ1v) is 15.8. The zero-order valence-corrected chi connectivity index (χ0v) is 25.0. The van der Waals surface area contributed by atoms with Crippen LogP contribution in [0.2, 0.25) is 0 Å². The molecule has 2 aliphatic carbocycles. The number of amides is 4. The molecule has 4 N–H and O–H groups in total. The molecule has 4 fully saturated rings. The van der Waals surface area contributed by atoms with Gasteiger partial charge in [-0.3, -0.25) is 19.2 Å².